The van der Waals surface area contributed by atoms with Crippen molar-refractivity contribution in [2.45, 2.75) is 63.5 Å². The fourth-order valence-electron chi connectivity index (χ4n) is 7.22. The smallest absolute Gasteiger partial charge is 0.343 e. The first-order chi connectivity index (χ1) is 13.5. The van der Waals surface area contributed by atoms with Gasteiger partial charge in [-0.25, -0.2) is 4.79 Å². The van der Waals surface area contributed by atoms with Gasteiger partial charge in [-0.3, -0.25) is 4.90 Å². The molecular formula is C22H27NO5. The summed E-state index contributed by atoms with van der Waals surface area (Å²) in [4.78, 5) is 14.9. The number of piperidine rings is 1. The maximum Gasteiger partial charge on any atom is 0.343 e. The van der Waals surface area contributed by atoms with E-state index in [0.29, 0.717) is 29.1 Å². The van der Waals surface area contributed by atoms with Crippen LogP contribution in [0.4, 0.5) is 0 Å². The number of nitrogens with zero attached hydrogens (tertiary/aromatic N) is 1. The second-order valence-corrected chi connectivity index (χ2v) is 9.02. The number of cyclic esters (lactones) is 1. The minimum atomic E-state index is -0.609. The summed E-state index contributed by atoms with van der Waals surface area (Å²) in [5.41, 5.74) is 0.467. The Kier molecular flexibility index (Phi) is 3.19. The van der Waals surface area contributed by atoms with Gasteiger partial charge in [0.15, 0.2) is 5.76 Å². The van der Waals surface area contributed by atoms with E-state index in [9.17, 15) is 4.79 Å². The maximum absolute atomic E-state index is 12.2. The molecule has 0 saturated carbocycles. The summed E-state index contributed by atoms with van der Waals surface area (Å²) in [6.07, 6.45) is 8.04. The van der Waals surface area contributed by atoms with Crippen LogP contribution in [0, 0.1) is 17.8 Å². The molecule has 0 aromatic carbocycles. The van der Waals surface area contributed by atoms with Gasteiger partial charge in [0.05, 0.1) is 36.2 Å². The molecular weight excluding hydrogens is 358 g/mol. The number of esters is 1. The topological polar surface area (TPSA) is 57.2 Å². The molecule has 6 heterocycles. The van der Waals surface area contributed by atoms with Crippen LogP contribution in [0.15, 0.2) is 35.0 Å². The second kappa shape index (κ2) is 5.22. The number of hydrogen-bond acceptors (Lipinski definition) is 6. The molecule has 6 heteroatoms. The van der Waals surface area contributed by atoms with Crippen molar-refractivity contribution < 1.29 is 23.7 Å². The molecule has 0 aromatic heterocycles. The van der Waals surface area contributed by atoms with E-state index in [1.54, 1.807) is 14.0 Å². The minimum Gasteiger partial charge on any atom is -0.492 e. The van der Waals surface area contributed by atoms with Gasteiger partial charge in [0.1, 0.15) is 5.76 Å². The molecule has 0 aliphatic carbocycles. The van der Waals surface area contributed by atoms with Gasteiger partial charge in [-0.05, 0) is 26.2 Å². The second-order valence-electron chi connectivity index (χ2n) is 9.02. The molecule has 0 aromatic rings. The fraction of sp³-hybridized carbons (Fsp3) is 0.682. The van der Waals surface area contributed by atoms with Crippen molar-refractivity contribution in [1.82, 2.24) is 4.90 Å². The van der Waals surface area contributed by atoms with Crippen LogP contribution in [0.3, 0.4) is 0 Å². The highest BCUT2D eigenvalue weighted by molar-refractivity contribution is 5.93. The van der Waals surface area contributed by atoms with Gasteiger partial charge in [0, 0.05) is 18.5 Å². The summed E-state index contributed by atoms with van der Waals surface area (Å²) in [6, 6.07) is 0.445. The summed E-state index contributed by atoms with van der Waals surface area (Å²) < 4.78 is 24.5. The van der Waals surface area contributed by atoms with Gasteiger partial charge in [0.25, 0.3) is 0 Å². The zero-order valence-corrected chi connectivity index (χ0v) is 16.9. The first kappa shape index (κ1) is 17.1. The van der Waals surface area contributed by atoms with E-state index >= 15 is 0 Å². The predicted octanol–water partition coefficient (Wildman–Crippen LogP) is 2.87. The lowest BCUT2D eigenvalue weighted by Gasteiger charge is -2.47. The van der Waals surface area contributed by atoms with Gasteiger partial charge in [-0.1, -0.05) is 26.0 Å². The molecule has 6 unspecified atom stereocenters. The largest absolute Gasteiger partial charge is 0.492 e. The Balaban J connectivity index is 1.49. The van der Waals surface area contributed by atoms with Crippen LogP contribution in [0.25, 0.3) is 0 Å². The number of hydrogen-bond donors (Lipinski definition) is 0. The fourth-order valence-corrected chi connectivity index (χ4v) is 7.22. The monoisotopic (exact) mass is 385 g/mol. The van der Waals surface area contributed by atoms with Gasteiger partial charge in [-0.15, -0.1) is 0 Å². The Hall–Kier alpha value is -1.79. The first-order valence-corrected chi connectivity index (χ1v) is 10.5. The minimum absolute atomic E-state index is 0.0286. The highest BCUT2D eigenvalue weighted by Gasteiger charge is 2.83. The highest BCUT2D eigenvalue weighted by Crippen LogP contribution is 2.72. The Morgan fingerprint density at radius 3 is 2.96 bits per heavy atom. The molecule has 1 spiro atoms. The molecule has 6 aliphatic rings. The lowest BCUT2D eigenvalue weighted by molar-refractivity contribution is -0.255. The third kappa shape index (κ3) is 1.60. The van der Waals surface area contributed by atoms with E-state index in [0.717, 1.165) is 31.6 Å². The van der Waals surface area contributed by atoms with Crippen molar-refractivity contribution in [2.75, 3.05) is 13.7 Å². The van der Waals surface area contributed by atoms with Crippen molar-refractivity contribution in [3.63, 3.8) is 0 Å². The number of rotatable bonds is 3. The Morgan fingerprint density at radius 2 is 2.21 bits per heavy atom. The molecule has 150 valence electrons. The Bertz CT molecular complexity index is 874. The SMILES string of the molecule is CC/C=C/C12C3CC4[C@H]5[C@@H](C)/C(=C6/OC(=O)C(C)=C6OC)OC5(O3)C1CCN42. The van der Waals surface area contributed by atoms with Crippen LogP contribution in [-0.2, 0) is 23.7 Å². The van der Waals surface area contributed by atoms with Crippen LogP contribution in [0.2, 0.25) is 0 Å². The number of carbonyl (C=O) groups excluding carboxylic acids is 1. The third-order valence-electron chi connectivity index (χ3n) is 8.10. The van der Waals surface area contributed by atoms with Crippen LogP contribution in [0.5, 0.6) is 0 Å². The normalized spacial score (nSPS) is 52.8. The molecule has 6 rings (SSSR count). The number of carbonyl (C=O) groups is 1. The van der Waals surface area contributed by atoms with E-state index in [4.69, 9.17) is 18.9 Å². The van der Waals surface area contributed by atoms with Crippen LogP contribution < -0.4 is 0 Å². The standard InChI is InChI=1S/C22H27NO5/c1-5-6-8-21-14-7-9-23(21)13-10-15(21)27-22(14)16(13)11(2)18(28-22)19-17(25-4)12(3)20(24)26-19/h6,8,11,13-16H,5,7,9-10H2,1-4H3/b8-6+,19-18-/t11-,13?,14?,15?,16-,21?,22?/m1/s1. The van der Waals surface area contributed by atoms with E-state index in [2.05, 4.69) is 30.9 Å². The van der Waals surface area contributed by atoms with E-state index in [-0.39, 0.29) is 29.4 Å². The van der Waals surface area contributed by atoms with E-state index in [1.807, 2.05) is 0 Å². The molecule has 28 heavy (non-hydrogen) atoms. The van der Waals surface area contributed by atoms with E-state index < -0.39 is 5.79 Å². The maximum atomic E-state index is 12.2. The molecule has 5 bridgehead atoms. The summed E-state index contributed by atoms with van der Waals surface area (Å²) in [5, 5.41) is 0. The molecule has 0 amide bonds. The third-order valence-corrected chi connectivity index (χ3v) is 8.10. The number of ether oxygens (including phenoxy) is 4. The summed E-state index contributed by atoms with van der Waals surface area (Å²) in [6.45, 7) is 7.21. The van der Waals surface area contributed by atoms with Crippen molar-refractivity contribution in [1.29, 1.82) is 0 Å². The predicted molar refractivity (Wildman–Crippen MR) is 99.6 cm³/mol. The molecule has 6 nitrogen and oxygen atoms in total. The molecule has 5 fully saturated rings. The zero-order valence-electron chi connectivity index (χ0n) is 16.9. The average Bonchev–Trinajstić information content (AvgIpc) is 3.38. The summed E-state index contributed by atoms with van der Waals surface area (Å²) >= 11 is 0. The van der Waals surface area contributed by atoms with Gasteiger partial charge >= 0.3 is 5.97 Å². The Labute approximate surface area is 165 Å². The number of allylic oxidation sites excluding steroid dienone is 2. The average molecular weight is 385 g/mol. The number of fused-ring (bicyclic) bond motifs is 1. The van der Waals surface area contributed by atoms with Crippen molar-refractivity contribution >= 4 is 5.97 Å². The van der Waals surface area contributed by atoms with Crippen molar-refractivity contribution in [2.24, 2.45) is 17.8 Å². The first-order valence-electron chi connectivity index (χ1n) is 10.5. The molecule has 0 N–H and O–H groups in total. The quantitative estimate of drug-likeness (QED) is 0.550. The summed E-state index contributed by atoms with van der Waals surface area (Å²) in [7, 11) is 1.57. The van der Waals surface area contributed by atoms with Crippen LogP contribution in [-0.4, -0.2) is 48.0 Å². The summed E-state index contributed by atoms with van der Waals surface area (Å²) in [5.74, 6) is 1.38. The molecule has 0 radical (unpaired) electrons. The van der Waals surface area contributed by atoms with Crippen LogP contribution in [0.1, 0.15) is 40.0 Å². The molecule has 6 aliphatic heterocycles. The zero-order chi connectivity index (χ0) is 19.4. The lowest BCUT2D eigenvalue weighted by atomic mass is 9.71. The van der Waals surface area contributed by atoms with Crippen molar-refractivity contribution in [3.05, 3.63) is 35.0 Å². The van der Waals surface area contributed by atoms with Crippen molar-refractivity contribution in [3.8, 4) is 0 Å². The van der Waals surface area contributed by atoms with E-state index in [1.165, 1.54) is 0 Å². The van der Waals surface area contributed by atoms with Crippen LogP contribution >= 0.6 is 0 Å². The number of methoxy groups -OCH3 is 1. The Morgan fingerprint density at radius 1 is 1.39 bits per heavy atom. The van der Waals surface area contributed by atoms with Gasteiger partial charge < -0.3 is 18.9 Å². The molecule has 5 saturated heterocycles. The molecule has 8 atom stereocenters. The van der Waals surface area contributed by atoms with Gasteiger partial charge in [-0.2, -0.15) is 0 Å². The lowest BCUT2D eigenvalue weighted by Crippen LogP contribution is -2.60. The highest BCUT2D eigenvalue weighted by atomic mass is 16.7. The van der Waals surface area contributed by atoms with Gasteiger partial charge in [0.2, 0.25) is 11.5 Å².